The third-order valence-corrected chi connectivity index (χ3v) is 3.80. The number of carbonyl (C=O) groups is 1. The number of hydrogen-bond donors (Lipinski definition) is 2. The lowest BCUT2D eigenvalue weighted by atomic mass is 9.84. The first-order chi connectivity index (χ1) is 7.31. The molecule has 4 heteroatoms. The molecule has 1 atom stereocenters. The molecule has 1 heterocycles. The van der Waals surface area contributed by atoms with Gasteiger partial charge in [0.15, 0.2) is 0 Å². The average molecular weight is 228 g/mol. The van der Waals surface area contributed by atoms with Crippen molar-refractivity contribution in [1.82, 2.24) is 10.2 Å². The molecule has 1 N–H and O–H groups in total. The van der Waals surface area contributed by atoms with E-state index in [4.69, 9.17) is 0 Å². The van der Waals surface area contributed by atoms with Gasteiger partial charge < -0.3 is 10.2 Å². The minimum atomic E-state index is 0.111. The molecule has 0 aromatic rings. The lowest BCUT2D eigenvalue weighted by molar-refractivity contribution is 0.220. The van der Waals surface area contributed by atoms with Crippen LogP contribution in [-0.4, -0.2) is 35.8 Å². The molecule has 2 amide bonds. The Balaban J connectivity index is 1.87. The minimum Gasteiger partial charge on any atom is -0.333 e. The summed E-state index contributed by atoms with van der Waals surface area (Å²) in [5.74, 6) is 1.47. The van der Waals surface area contributed by atoms with Crippen LogP contribution in [0.15, 0.2) is 0 Å². The summed E-state index contributed by atoms with van der Waals surface area (Å²) in [6, 6.07) is 0.511. The normalized spacial score (nSPS) is 28.2. The van der Waals surface area contributed by atoms with Gasteiger partial charge in [0, 0.05) is 18.8 Å². The highest BCUT2D eigenvalue weighted by atomic mass is 32.1. The fourth-order valence-electron chi connectivity index (χ4n) is 2.73. The monoisotopic (exact) mass is 228 g/mol. The number of rotatable bonds is 3. The predicted octanol–water partition coefficient (Wildman–Crippen LogP) is 1.89. The van der Waals surface area contributed by atoms with Crippen LogP contribution in [0.25, 0.3) is 0 Å². The Kier molecular flexibility index (Phi) is 3.78. The second-order valence-corrected chi connectivity index (χ2v) is 5.07. The summed E-state index contributed by atoms with van der Waals surface area (Å²) in [6.45, 7) is 1.67. The van der Waals surface area contributed by atoms with Crippen molar-refractivity contribution in [3.63, 3.8) is 0 Å². The van der Waals surface area contributed by atoms with Crippen LogP contribution in [0.3, 0.4) is 0 Å². The summed E-state index contributed by atoms with van der Waals surface area (Å²) in [7, 11) is 0. The number of carbonyl (C=O) groups excluding carboxylic acids is 1. The maximum absolute atomic E-state index is 11.6. The third kappa shape index (κ3) is 2.60. The number of amides is 2. The Morgan fingerprint density at radius 1 is 1.33 bits per heavy atom. The molecule has 0 aromatic carbocycles. The van der Waals surface area contributed by atoms with E-state index in [0.717, 1.165) is 18.8 Å². The molecule has 0 radical (unpaired) electrons. The molecule has 2 fully saturated rings. The van der Waals surface area contributed by atoms with E-state index in [1.54, 1.807) is 0 Å². The molecule has 1 saturated heterocycles. The molecule has 1 unspecified atom stereocenters. The van der Waals surface area contributed by atoms with E-state index >= 15 is 0 Å². The van der Waals surface area contributed by atoms with E-state index in [1.165, 1.54) is 32.1 Å². The van der Waals surface area contributed by atoms with E-state index in [0.29, 0.717) is 12.0 Å². The van der Waals surface area contributed by atoms with Gasteiger partial charge >= 0.3 is 6.03 Å². The van der Waals surface area contributed by atoms with Crippen molar-refractivity contribution in [2.45, 2.75) is 38.1 Å². The number of nitrogens with zero attached hydrogens (tertiary/aromatic N) is 1. The second-order valence-electron chi connectivity index (χ2n) is 4.62. The van der Waals surface area contributed by atoms with E-state index in [-0.39, 0.29) is 6.03 Å². The molecule has 1 aliphatic carbocycles. The summed E-state index contributed by atoms with van der Waals surface area (Å²) in [6.07, 6.45) is 6.63. The van der Waals surface area contributed by atoms with E-state index in [1.807, 2.05) is 4.90 Å². The van der Waals surface area contributed by atoms with Gasteiger partial charge in [0.25, 0.3) is 0 Å². The van der Waals surface area contributed by atoms with E-state index < -0.39 is 0 Å². The standard InChI is InChI=1S/C11H20N2OS/c14-11-12-10(8-13(11)6-7-15)9-4-2-1-3-5-9/h9-10,15H,1-8H2,(H,12,14). The van der Waals surface area contributed by atoms with Crippen LogP contribution in [0.4, 0.5) is 4.79 Å². The lowest BCUT2D eigenvalue weighted by Crippen LogP contribution is -2.35. The van der Waals surface area contributed by atoms with Crippen molar-refractivity contribution in [3.05, 3.63) is 0 Å². The first-order valence-electron chi connectivity index (χ1n) is 5.97. The Hall–Kier alpha value is -0.380. The summed E-state index contributed by atoms with van der Waals surface area (Å²) >= 11 is 4.17. The topological polar surface area (TPSA) is 32.3 Å². The highest BCUT2D eigenvalue weighted by molar-refractivity contribution is 7.80. The van der Waals surface area contributed by atoms with Crippen LogP contribution in [0, 0.1) is 5.92 Å². The molecule has 2 rings (SSSR count). The van der Waals surface area contributed by atoms with Gasteiger partial charge in [-0.25, -0.2) is 4.79 Å². The molecule has 1 aliphatic heterocycles. The zero-order valence-electron chi connectivity index (χ0n) is 9.11. The van der Waals surface area contributed by atoms with Gasteiger partial charge in [-0.05, 0) is 18.8 Å². The first-order valence-corrected chi connectivity index (χ1v) is 6.61. The van der Waals surface area contributed by atoms with Gasteiger partial charge in [-0.2, -0.15) is 12.6 Å². The van der Waals surface area contributed by atoms with Crippen LogP contribution in [0.1, 0.15) is 32.1 Å². The van der Waals surface area contributed by atoms with Crippen LogP contribution < -0.4 is 5.32 Å². The van der Waals surface area contributed by atoms with Crippen molar-refractivity contribution >= 4 is 18.7 Å². The Morgan fingerprint density at radius 2 is 2.07 bits per heavy atom. The Bertz CT molecular complexity index is 229. The summed E-state index contributed by atoms with van der Waals surface area (Å²) in [5, 5.41) is 3.11. The molecule has 15 heavy (non-hydrogen) atoms. The maximum atomic E-state index is 11.6. The summed E-state index contributed by atoms with van der Waals surface area (Å²) < 4.78 is 0. The lowest BCUT2D eigenvalue weighted by Gasteiger charge is -2.26. The van der Waals surface area contributed by atoms with E-state index in [2.05, 4.69) is 17.9 Å². The molecule has 2 aliphatic rings. The van der Waals surface area contributed by atoms with Crippen LogP contribution in [0.5, 0.6) is 0 Å². The predicted molar refractivity (Wildman–Crippen MR) is 64.3 cm³/mol. The van der Waals surface area contributed by atoms with Crippen LogP contribution in [-0.2, 0) is 0 Å². The van der Waals surface area contributed by atoms with Crippen LogP contribution in [0.2, 0.25) is 0 Å². The zero-order valence-corrected chi connectivity index (χ0v) is 10.0. The fraction of sp³-hybridized carbons (Fsp3) is 0.909. The summed E-state index contributed by atoms with van der Waals surface area (Å²) in [5.41, 5.74) is 0. The SMILES string of the molecule is O=C1NC(C2CCCCC2)CN1CCS. The van der Waals surface area contributed by atoms with Crippen molar-refractivity contribution in [2.75, 3.05) is 18.8 Å². The molecule has 0 aromatic heterocycles. The molecule has 1 saturated carbocycles. The molecular weight excluding hydrogens is 208 g/mol. The van der Waals surface area contributed by atoms with Gasteiger partial charge in [-0.15, -0.1) is 0 Å². The highest BCUT2D eigenvalue weighted by Crippen LogP contribution is 2.28. The van der Waals surface area contributed by atoms with Crippen molar-refractivity contribution in [1.29, 1.82) is 0 Å². The smallest absolute Gasteiger partial charge is 0.317 e. The molecule has 3 nitrogen and oxygen atoms in total. The van der Waals surface area contributed by atoms with Crippen molar-refractivity contribution < 1.29 is 4.79 Å². The fourth-order valence-corrected chi connectivity index (χ4v) is 2.97. The van der Waals surface area contributed by atoms with Crippen molar-refractivity contribution in [2.24, 2.45) is 5.92 Å². The van der Waals surface area contributed by atoms with Gasteiger partial charge in [0.05, 0.1) is 6.04 Å². The van der Waals surface area contributed by atoms with Crippen molar-refractivity contribution in [3.8, 4) is 0 Å². The summed E-state index contributed by atoms with van der Waals surface area (Å²) in [4.78, 5) is 13.5. The molecular formula is C11H20N2OS. The Labute approximate surface area is 97.0 Å². The number of nitrogens with one attached hydrogen (secondary N) is 1. The number of hydrogen-bond acceptors (Lipinski definition) is 2. The van der Waals surface area contributed by atoms with Gasteiger partial charge in [-0.3, -0.25) is 0 Å². The molecule has 86 valence electrons. The number of urea groups is 1. The zero-order chi connectivity index (χ0) is 10.7. The minimum absolute atomic E-state index is 0.111. The molecule has 0 spiro atoms. The van der Waals surface area contributed by atoms with Gasteiger partial charge in [0.2, 0.25) is 0 Å². The first kappa shape index (κ1) is 11.1. The number of thiol groups is 1. The van der Waals surface area contributed by atoms with E-state index in [9.17, 15) is 4.79 Å². The van der Waals surface area contributed by atoms with Gasteiger partial charge in [-0.1, -0.05) is 19.3 Å². The largest absolute Gasteiger partial charge is 0.333 e. The average Bonchev–Trinajstić information content (AvgIpc) is 2.63. The second kappa shape index (κ2) is 5.10. The van der Waals surface area contributed by atoms with Gasteiger partial charge in [0.1, 0.15) is 0 Å². The van der Waals surface area contributed by atoms with Crippen LogP contribution >= 0.6 is 12.6 Å². The quantitative estimate of drug-likeness (QED) is 0.710. The Morgan fingerprint density at radius 3 is 2.73 bits per heavy atom. The molecule has 0 bridgehead atoms. The third-order valence-electron chi connectivity index (χ3n) is 3.60. The maximum Gasteiger partial charge on any atom is 0.317 e. The highest BCUT2D eigenvalue weighted by Gasteiger charge is 2.33.